The number of aromatic nitrogens is 4. The van der Waals surface area contributed by atoms with Gasteiger partial charge in [-0.25, -0.2) is 19.0 Å². The van der Waals surface area contributed by atoms with Crippen molar-refractivity contribution in [3.05, 3.63) is 77.0 Å². The maximum absolute atomic E-state index is 13.2. The largest absolute Gasteiger partial charge is 0.383 e. The molecule has 0 radical (unpaired) electrons. The number of fused-ring (bicyclic) bond motifs is 1. The molecule has 0 aliphatic carbocycles. The van der Waals surface area contributed by atoms with Gasteiger partial charge in [0, 0.05) is 30.9 Å². The van der Waals surface area contributed by atoms with Gasteiger partial charge in [-0.3, -0.25) is 10.1 Å². The number of hydrogen-bond acceptors (Lipinski definition) is 7. The summed E-state index contributed by atoms with van der Waals surface area (Å²) in [5.74, 6) is 0.316. The van der Waals surface area contributed by atoms with Crippen LogP contribution >= 0.6 is 0 Å². The van der Waals surface area contributed by atoms with Gasteiger partial charge in [-0.2, -0.15) is 5.10 Å². The fourth-order valence-electron chi connectivity index (χ4n) is 2.84. The number of benzene rings is 2. The van der Waals surface area contributed by atoms with Crippen LogP contribution in [0.5, 0.6) is 0 Å². The predicted octanol–water partition coefficient (Wildman–Crippen LogP) is 3.39. The highest BCUT2D eigenvalue weighted by atomic mass is 19.1. The molecular formula is C19H16FN7O2. The standard InChI is InChI=1S/C19H16FN7O2/c20-13-1-5-15(6-2-13)26-19-17(11-25-26)18(23-12-24-19)22-10-9-21-14-3-7-16(8-4-14)27(28)29/h1-8,11-12,21H,9-10H2,(H,22,23,24). The van der Waals surface area contributed by atoms with Crippen molar-refractivity contribution in [2.75, 3.05) is 23.7 Å². The minimum Gasteiger partial charge on any atom is -0.383 e. The molecule has 4 aromatic rings. The van der Waals surface area contributed by atoms with Gasteiger partial charge in [-0.05, 0) is 36.4 Å². The minimum atomic E-state index is -0.433. The van der Waals surface area contributed by atoms with E-state index in [4.69, 9.17) is 0 Å². The molecule has 10 heteroatoms. The normalized spacial score (nSPS) is 10.8. The third-order valence-corrected chi connectivity index (χ3v) is 4.26. The summed E-state index contributed by atoms with van der Waals surface area (Å²) in [6, 6.07) is 12.2. The first-order chi connectivity index (χ1) is 14.1. The Morgan fingerprint density at radius 2 is 1.72 bits per heavy atom. The van der Waals surface area contributed by atoms with Crippen molar-refractivity contribution in [3.63, 3.8) is 0 Å². The smallest absolute Gasteiger partial charge is 0.269 e. The number of hydrogen-bond donors (Lipinski definition) is 2. The average Bonchev–Trinajstić information content (AvgIpc) is 3.17. The number of non-ortho nitro benzene ring substituents is 1. The summed E-state index contributed by atoms with van der Waals surface area (Å²) < 4.78 is 14.8. The Kier molecular flexibility index (Phi) is 4.97. The van der Waals surface area contributed by atoms with E-state index in [9.17, 15) is 14.5 Å². The molecule has 0 atom stereocenters. The van der Waals surface area contributed by atoms with E-state index in [1.165, 1.54) is 30.6 Å². The third kappa shape index (κ3) is 3.95. The number of nitrogens with zero attached hydrogens (tertiary/aromatic N) is 5. The van der Waals surface area contributed by atoms with Gasteiger partial charge in [0.15, 0.2) is 5.65 Å². The number of nitro groups is 1. The Hall–Kier alpha value is -4.08. The second-order valence-electron chi connectivity index (χ2n) is 6.15. The molecule has 0 aliphatic heterocycles. The van der Waals surface area contributed by atoms with Gasteiger partial charge >= 0.3 is 0 Å². The van der Waals surface area contributed by atoms with Crippen LogP contribution in [0.4, 0.5) is 21.6 Å². The molecule has 29 heavy (non-hydrogen) atoms. The maximum Gasteiger partial charge on any atom is 0.269 e. The van der Waals surface area contributed by atoms with E-state index in [-0.39, 0.29) is 11.5 Å². The van der Waals surface area contributed by atoms with E-state index in [1.807, 2.05) is 0 Å². The summed E-state index contributed by atoms with van der Waals surface area (Å²) in [5.41, 5.74) is 2.15. The molecule has 0 spiro atoms. The Morgan fingerprint density at radius 3 is 2.45 bits per heavy atom. The van der Waals surface area contributed by atoms with Gasteiger partial charge in [-0.1, -0.05) is 0 Å². The van der Waals surface area contributed by atoms with E-state index < -0.39 is 4.92 Å². The topological polar surface area (TPSA) is 111 Å². The average molecular weight is 393 g/mol. The second kappa shape index (κ2) is 7.89. The van der Waals surface area contributed by atoms with E-state index in [0.717, 1.165) is 11.1 Å². The first-order valence-corrected chi connectivity index (χ1v) is 8.79. The molecule has 0 saturated heterocycles. The summed E-state index contributed by atoms with van der Waals surface area (Å²) in [7, 11) is 0. The number of nitrogens with one attached hydrogen (secondary N) is 2. The summed E-state index contributed by atoms with van der Waals surface area (Å²) in [6.45, 7) is 1.14. The SMILES string of the molecule is O=[N+]([O-])c1ccc(NCCNc2ncnc3c2cnn3-c2ccc(F)cc2)cc1. The van der Waals surface area contributed by atoms with Crippen LogP contribution < -0.4 is 10.6 Å². The molecule has 2 aromatic heterocycles. The van der Waals surface area contributed by atoms with E-state index in [1.54, 1.807) is 35.1 Å². The van der Waals surface area contributed by atoms with E-state index in [0.29, 0.717) is 30.2 Å². The molecule has 146 valence electrons. The summed E-state index contributed by atoms with van der Waals surface area (Å²) in [5, 5.41) is 22.2. The zero-order valence-corrected chi connectivity index (χ0v) is 15.1. The van der Waals surface area contributed by atoms with Crippen LogP contribution in [0.2, 0.25) is 0 Å². The van der Waals surface area contributed by atoms with Gasteiger partial charge in [0.05, 0.1) is 22.2 Å². The highest BCUT2D eigenvalue weighted by Crippen LogP contribution is 2.21. The van der Waals surface area contributed by atoms with Gasteiger partial charge in [-0.15, -0.1) is 0 Å². The van der Waals surface area contributed by atoms with Crippen molar-refractivity contribution in [2.24, 2.45) is 0 Å². The lowest BCUT2D eigenvalue weighted by atomic mass is 10.3. The quantitative estimate of drug-likeness (QED) is 0.281. The van der Waals surface area contributed by atoms with Crippen molar-refractivity contribution in [2.45, 2.75) is 0 Å². The fourth-order valence-corrected chi connectivity index (χ4v) is 2.84. The van der Waals surface area contributed by atoms with Crippen LogP contribution in [-0.2, 0) is 0 Å². The number of nitro benzene ring substituents is 1. The zero-order chi connectivity index (χ0) is 20.2. The predicted molar refractivity (Wildman–Crippen MR) is 107 cm³/mol. The summed E-state index contributed by atoms with van der Waals surface area (Å²) in [4.78, 5) is 18.8. The lowest BCUT2D eigenvalue weighted by Crippen LogP contribution is -2.14. The first-order valence-electron chi connectivity index (χ1n) is 8.79. The van der Waals surface area contributed by atoms with Crippen molar-refractivity contribution < 1.29 is 9.31 Å². The van der Waals surface area contributed by atoms with Crippen molar-refractivity contribution in [3.8, 4) is 5.69 Å². The van der Waals surface area contributed by atoms with Gasteiger partial charge in [0.25, 0.3) is 5.69 Å². The minimum absolute atomic E-state index is 0.0511. The summed E-state index contributed by atoms with van der Waals surface area (Å²) >= 11 is 0. The Morgan fingerprint density at radius 1 is 1.00 bits per heavy atom. The molecule has 0 bridgehead atoms. The Balaban J connectivity index is 1.42. The Labute approximate surface area is 164 Å². The number of anilines is 2. The fraction of sp³-hybridized carbons (Fsp3) is 0.105. The van der Waals surface area contributed by atoms with Crippen LogP contribution in [0.15, 0.2) is 61.1 Å². The lowest BCUT2D eigenvalue weighted by Gasteiger charge is -2.09. The molecule has 0 unspecified atom stereocenters. The van der Waals surface area contributed by atoms with Crippen LogP contribution in [0.25, 0.3) is 16.7 Å². The van der Waals surface area contributed by atoms with Crippen molar-refractivity contribution in [1.82, 2.24) is 19.7 Å². The van der Waals surface area contributed by atoms with Crippen LogP contribution in [0.3, 0.4) is 0 Å². The van der Waals surface area contributed by atoms with Crippen molar-refractivity contribution in [1.29, 1.82) is 0 Å². The number of rotatable bonds is 7. The van der Waals surface area contributed by atoms with E-state index >= 15 is 0 Å². The molecule has 0 saturated carbocycles. The Bertz CT molecular complexity index is 1140. The van der Waals surface area contributed by atoms with Gasteiger partial charge in [0.2, 0.25) is 0 Å². The molecule has 4 rings (SSSR count). The highest BCUT2D eigenvalue weighted by molar-refractivity contribution is 5.87. The molecule has 0 amide bonds. The van der Waals surface area contributed by atoms with Crippen LogP contribution in [0.1, 0.15) is 0 Å². The molecule has 0 fully saturated rings. The zero-order valence-electron chi connectivity index (χ0n) is 15.1. The van der Waals surface area contributed by atoms with E-state index in [2.05, 4.69) is 25.7 Å². The molecule has 2 N–H and O–H groups in total. The third-order valence-electron chi connectivity index (χ3n) is 4.26. The molecule has 0 aliphatic rings. The maximum atomic E-state index is 13.2. The highest BCUT2D eigenvalue weighted by Gasteiger charge is 2.11. The van der Waals surface area contributed by atoms with Crippen LogP contribution in [0, 0.1) is 15.9 Å². The molecule has 2 aromatic carbocycles. The van der Waals surface area contributed by atoms with Gasteiger partial charge < -0.3 is 10.6 Å². The van der Waals surface area contributed by atoms with Gasteiger partial charge in [0.1, 0.15) is 18.0 Å². The second-order valence-corrected chi connectivity index (χ2v) is 6.15. The van der Waals surface area contributed by atoms with Crippen LogP contribution in [-0.4, -0.2) is 37.8 Å². The lowest BCUT2D eigenvalue weighted by molar-refractivity contribution is -0.384. The summed E-state index contributed by atoms with van der Waals surface area (Å²) in [6.07, 6.45) is 3.10. The molecular weight excluding hydrogens is 377 g/mol. The monoisotopic (exact) mass is 393 g/mol. The van der Waals surface area contributed by atoms with Crippen molar-refractivity contribution >= 4 is 28.2 Å². The first kappa shape index (κ1) is 18.3. The number of halogens is 1. The molecule has 9 nitrogen and oxygen atoms in total. The molecule has 2 heterocycles.